The zero-order valence-electron chi connectivity index (χ0n) is 11.8. The van der Waals surface area contributed by atoms with Crippen molar-refractivity contribution in [3.05, 3.63) is 57.8 Å². The SMILES string of the molecule is CC(C)(CNCc1ccccc1C(N)=O)c1cccs1. The lowest BCUT2D eigenvalue weighted by Crippen LogP contribution is -2.32. The zero-order valence-corrected chi connectivity index (χ0v) is 12.7. The Morgan fingerprint density at radius 2 is 2.00 bits per heavy atom. The summed E-state index contributed by atoms with van der Waals surface area (Å²) in [6, 6.07) is 11.7. The molecule has 20 heavy (non-hydrogen) atoms. The Kier molecular flexibility index (Phi) is 4.57. The van der Waals surface area contributed by atoms with E-state index in [2.05, 4.69) is 36.7 Å². The molecule has 0 spiro atoms. The minimum atomic E-state index is -0.375. The molecule has 0 bridgehead atoms. The van der Waals surface area contributed by atoms with Crippen LogP contribution in [-0.4, -0.2) is 12.5 Å². The molecule has 1 aromatic carbocycles. The molecule has 0 radical (unpaired) electrons. The number of nitrogens with two attached hydrogens (primary N) is 1. The van der Waals surface area contributed by atoms with Gasteiger partial charge in [0.1, 0.15) is 0 Å². The average molecular weight is 288 g/mol. The first-order valence-corrected chi connectivity index (χ1v) is 7.51. The molecule has 0 atom stereocenters. The Morgan fingerprint density at radius 1 is 1.25 bits per heavy atom. The number of carbonyl (C=O) groups is 1. The molecule has 0 unspecified atom stereocenters. The van der Waals surface area contributed by atoms with Gasteiger partial charge in [-0.2, -0.15) is 0 Å². The maximum absolute atomic E-state index is 11.4. The summed E-state index contributed by atoms with van der Waals surface area (Å²) in [7, 11) is 0. The number of primary amides is 1. The van der Waals surface area contributed by atoms with E-state index in [0.29, 0.717) is 12.1 Å². The molecule has 0 fully saturated rings. The fourth-order valence-corrected chi connectivity index (χ4v) is 3.03. The van der Waals surface area contributed by atoms with Gasteiger partial charge in [0.2, 0.25) is 5.91 Å². The van der Waals surface area contributed by atoms with Gasteiger partial charge in [-0.1, -0.05) is 38.1 Å². The van der Waals surface area contributed by atoms with Gasteiger partial charge in [0.05, 0.1) is 0 Å². The first-order valence-electron chi connectivity index (χ1n) is 6.63. The molecule has 0 aliphatic carbocycles. The summed E-state index contributed by atoms with van der Waals surface area (Å²) in [4.78, 5) is 12.7. The predicted octanol–water partition coefficient (Wildman–Crippen LogP) is 2.91. The second-order valence-electron chi connectivity index (χ2n) is 5.49. The molecule has 3 nitrogen and oxygen atoms in total. The molecule has 0 saturated carbocycles. The first kappa shape index (κ1) is 14.8. The van der Waals surface area contributed by atoms with Gasteiger partial charge in [0.15, 0.2) is 0 Å². The van der Waals surface area contributed by atoms with Crippen molar-refractivity contribution in [1.29, 1.82) is 0 Å². The van der Waals surface area contributed by atoms with Gasteiger partial charge in [0, 0.05) is 28.9 Å². The molecule has 0 aliphatic heterocycles. The highest BCUT2D eigenvalue weighted by Crippen LogP contribution is 2.26. The van der Waals surface area contributed by atoms with Crippen LogP contribution in [-0.2, 0) is 12.0 Å². The van der Waals surface area contributed by atoms with Crippen LogP contribution in [0.1, 0.15) is 34.6 Å². The second-order valence-corrected chi connectivity index (χ2v) is 6.43. The summed E-state index contributed by atoms with van der Waals surface area (Å²) in [5, 5.41) is 5.52. The first-order chi connectivity index (χ1) is 9.50. The minimum absolute atomic E-state index is 0.0792. The van der Waals surface area contributed by atoms with Crippen LogP contribution in [0.25, 0.3) is 0 Å². The third kappa shape index (κ3) is 3.46. The summed E-state index contributed by atoms with van der Waals surface area (Å²) in [6.07, 6.45) is 0. The Balaban J connectivity index is 1.98. The molecule has 1 amide bonds. The zero-order chi connectivity index (χ0) is 14.6. The smallest absolute Gasteiger partial charge is 0.249 e. The Labute approximate surface area is 123 Å². The number of carbonyl (C=O) groups excluding carboxylic acids is 1. The molecule has 0 saturated heterocycles. The third-order valence-electron chi connectivity index (χ3n) is 3.35. The van der Waals surface area contributed by atoms with E-state index in [0.717, 1.165) is 12.1 Å². The minimum Gasteiger partial charge on any atom is -0.366 e. The maximum Gasteiger partial charge on any atom is 0.249 e. The van der Waals surface area contributed by atoms with Crippen LogP contribution in [0.3, 0.4) is 0 Å². The highest BCUT2D eigenvalue weighted by Gasteiger charge is 2.21. The predicted molar refractivity (Wildman–Crippen MR) is 84.0 cm³/mol. The molecule has 1 aromatic heterocycles. The molecule has 106 valence electrons. The van der Waals surface area contributed by atoms with Crippen LogP contribution in [0.15, 0.2) is 41.8 Å². The molecule has 3 N–H and O–H groups in total. The Morgan fingerprint density at radius 3 is 2.65 bits per heavy atom. The molecular formula is C16H20N2OS. The van der Waals surface area contributed by atoms with E-state index in [9.17, 15) is 4.79 Å². The number of benzene rings is 1. The van der Waals surface area contributed by atoms with E-state index in [1.807, 2.05) is 18.2 Å². The summed E-state index contributed by atoms with van der Waals surface area (Å²) >= 11 is 1.77. The summed E-state index contributed by atoms with van der Waals surface area (Å²) < 4.78 is 0. The van der Waals surface area contributed by atoms with E-state index < -0.39 is 0 Å². The van der Waals surface area contributed by atoms with Crippen molar-refractivity contribution in [2.75, 3.05) is 6.54 Å². The van der Waals surface area contributed by atoms with Crippen molar-refractivity contribution in [2.45, 2.75) is 25.8 Å². The van der Waals surface area contributed by atoms with Crippen LogP contribution in [0.4, 0.5) is 0 Å². The highest BCUT2D eigenvalue weighted by molar-refractivity contribution is 7.10. The van der Waals surface area contributed by atoms with E-state index in [1.165, 1.54) is 4.88 Å². The summed E-state index contributed by atoms with van der Waals surface area (Å²) in [5.74, 6) is -0.375. The number of rotatable bonds is 6. The lowest BCUT2D eigenvalue weighted by molar-refractivity contribution is 0.0999. The van der Waals surface area contributed by atoms with Gasteiger partial charge in [0.25, 0.3) is 0 Å². The van der Waals surface area contributed by atoms with Crippen LogP contribution in [0.5, 0.6) is 0 Å². The standard InChI is InChI=1S/C16H20N2OS/c1-16(2,14-8-5-9-20-14)11-18-10-12-6-3-4-7-13(12)15(17)19/h3-9,18H,10-11H2,1-2H3,(H2,17,19). The Hall–Kier alpha value is -1.65. The average Bonchev–Trinajstić information content (AvgIpc) is 2.93. The lowest BCUT2D eigenvalue weighted by Gasteiger charge is -2.24. The quantitative estimate of drug-likeness (QED) is 0.858. The lowest BCUT2D eigenvalue weighted by atomic mass is 9.91. The van der Waals surface area contributed by atoms with E-state index in [4.69, 9.17) is 5.73 Å². The van der Waals surface area contributed by atoms with Crippen LogP contribution in [0.2, 0.25) is 0 Å². The van der Waals surface area contributed by atoms with Gasteiger partial charge in [-0.25, -0.2) is 0 Å². The molecule has 1 heterocycles. The summed E-state index contributed by atoms with van der Waals surface area (Å²) in [5.41, 5.74) is 7.00. The van der Waals surface area contributed by atoms with Gasteiger partial charge in [-0.3, -0.25) is 4.79 Å². The summed E-state index contributed by atoms with van der Waals surface area (Å²) in [6.45, 7) is 5.92. The fraction of sp³-hybridized carbons (Fsp3) is 0.312. The van der Waals surface area contributed by atoms with Crippen molar-refractivity contribution < 1.29 is 4.79 Å². The normalized spacial score (nSPS) is 11.5. The fourth-order valence-electron chi connectivity index (χ4n) is 2.18. The molecular weight excluding hydrogens is 268 g/mol. The number of thiophene rings is 1. The van der Waals surface area contributed by atoms with Crippen molar-refractivity contribution >= 4 is 17.2 Å². The third-order valence-corrected chi connectivity index (χ3v) is 4.59. The number of hydrogen-bond donors (Lipinski definition) is 2. The monoisotopic (exact) mass is 288 g/mol. The van der Waals surface area contributed by atoms with Crippen LogP contribution in [0, 0.1) is 0 Å². The van der Waals surface area contributed by atoms with Crippen molar-refractivity contribution in [3.8, 4) is 0 Å². The van der Waals surface area contributed by atoms with Gasteiger partial charge < -0.3 is 11.1 Å². The molecule has 2 rings (SSSR count). The van der Waals surface area contributed by atoms with Crippen LogP contribution < -0.4 is 11.1 Å². The number of hydrogen-bond acceptors (Lipinski definition) is 3. The maximum atomic E-state index is 11.4. The van der Waals surface area contributed by atoms with Crippen molar-refractivity contribution in [2.24, 2.45) is 5.73 Å². The molecule has 4 heteroatoms. The van der Waals surface area contributed by atoms with Crippen LogP contribution >= 0.6 is 11.3 Å². The van der Waals surface area contributed by atoms with E-state index >= 15 is 0 Å². The second kappa shape index (κ2) is 6.20. The highest BCUT2D eigenvalue weighted by atomic mass is 32.1. The largest absolute Gasteiger partial charge is 0.366 e. The molecule has 0 aliphatic rings. The topological polar surface area (TPSA) is 55.1 Å². The van der Waals surface area contributed by atoms with Gasteiger partial charge >= 0.3 is 0 Å². The van der Waals surface area contributed by atoms with Gasteiger partial charge in [-0.15, -0.1) is 11.3 Å². The number of nitrogens with one attached hydrogen (secondary N) is 1. The molecule has 2 aromatic rings. The van der Waals surface area contributed by atoms with E-state index in [-0.39, 0.29) is 11.3 Å². The van der Waals surface area contributed by atoms with Crippen molar-refractivity contribution in [3.63, 3.8) is 0 Å². The van der Waals surface area contributed by atoms with E-state index in [1.54, 1.807) is 17.4 Å². The van der Waals surface area contributed by atoms with Crippen molar-refractivity contribution in [1.82, 2.24) is 5.32 Å². The Bertz CT molecular complexity index is 576. The van der Waals surface area contributed by atoms with Gasteiger partial charge in [-0.05, 0) is 23.1 Å². The number of amides is 1.